The fourth-order valence-corrected chi connectivity index (χ4v) is 3.91. The van der Waals surface area contributed by atoms with Crippen LogP contribution in [0.15, 0.2) is 54.9 Å². The summed E-state index contributed by atoms with van der Waals surface area (Å²) in [7, 11) is 0. The first-order valence-electron chi connectivity index (χ1n) is 9.77. The van der Waals surface area contributed by atoms with Gasteiger partial charge in [0.25, 0.3) is 0 Å². The molecule has 2 aliphatic rings. The third kappa shape index (κ3) is 3.54. The first-order chi connectivity index (χ1) is 13.3. The van der Waals surface area contributed by atoms with Crippen LogP contribution in [-0.4, -0.2) is 17.1 Å². The van der Waals surface area contributed by atoms with Crippen molar-refractivity contribution in [3.8, 4) is 5.75 Å². The minimum atomic E-state index is -0.162. The molecule has 2 aliphatic carbocycles. The molecule has 2 saturated carbocycles. The molecule has 1 heterocycles. The summed E-state index contributed by atoms with van der Waals surface area (Å²) in [6.07, 6.45) is 8.27. The Balaban J connectivity index is 1.17. The quantitative estimate of drug-likeness (QED) is 0.674. The third-order valence-corrected chi connectivity index (χ3v) is 5.75. The standard InChI is InChI=1S/C23H23FN2O/c24-23-7-6-17-13-25-9-8-21(17)22(23)14-26-18-11-20(12-18)27-19-3-1-2-16(10-19)15-4-5-15/h1-3,6-10,13,15,18,20,26H,4-5,11-12,14H2/t18-,20-. The van der Waals surface area contributed by atoms with Crippen LogP contribution in [0.3, 0.4) is 0 Å². The third-order valence-electron chi connectivity index (χ3n) is 5.75. The highest BCUT2D eigenvalue weighted by Crippen LogP contribution is 2.41. The maximum atomic E-state index is 14.3. The van der Waals surface area contributed by atoms with E-state index in [-0.39, 0.29) is 11.9 Å². The molecule has 0 atom stereocenters. The Morgan fingerprint density at radius 2 is 2.00 bits per heavy atom. The summed E-state index contributed by atoms with van der Waals surface area (Å²) in [4.78, 5) is 4.12. The smallest absolute Gasteiger partial charge is 0.128 e. The van der Waals surface area contributed by atoms with Crippen LogP contribution in [0, 0.1) is 5.82 Å². The number of pyridine rings is 1. The van der Waals surface area contributed by atoms with Gasteiger partial charge in [-0.25, -0.2) is 4.39 Å². The van der Waals surface area contributed by atoms with Crippen molar-refractivity contribution in [3.63, 3.8) is 0 Å². The molecule has 0 radical (unpaired) electrons. The van der Waals surface area contributed by atoms with Crippen molar-refractivity contribution in [2.75, 3.05) is 0 Å². The molecule has 0 spiro atoms. The zero-order valence-electron chi connectivity index (χ0n) is 15.2. The molecule has 27 heavy (non-hydrogen) atoms. The lowest BCUT2D eigenvalue weighted by Gasteiger charge is -2.36. The Kier molecular flexibility index (Phi) is 4.29. The van der Waals surface area contributed by atoms with Crippen molar-refractivity contribution in [3.05, 3.63) is 71.8 Å². The van der Waals surface area contributed by atoms with Crippen molar-refractivity contribution in [1.82, 2.24) is 10.3 Å². The number of ether oxygens (including phenoxy) is 1. The normalized spacial score (nSPS) is 21.8. The molecule has 3 nitrogen and oxygen atoms in total. The Morgan fingerprint density at radius 1 is 1.11 bits per heavy atom. The first-order valence-corrected chi connectivity index (χ1v) is 9.77. The largest absolute Gasteiger partial charge is 0.490 e. The number of halogens is 1. The van der Waals surface area contributed by atoms with Crippen LogP contribution in [0.2, 0.25) is 0 Å². The summed E-state index contributed by atoms with van der Waals surface area (Å²) in [5.74, 6) is 1.57. The van der Waals surface area contributed by atoms with E-state index in [0.29, 0.717) is 12.6 Å². The van der Waals surface area contributed by atoms with Crippen LogP contribution in [0.4, 0.5) is 4.39 Å². The van der Waals surface area contributed by atoms with Gasteiger partial charge >= 0.3 is 0 Å². The van der Waals surface area contributed by atoms with Gasteiger partial charge in [-0.15, -0.1) is 0 Å². The van der Waals surface area contributed by atoms with Gasteiger partial charge < -0.3 is 10.1 Å². The molecule has 2 aromatic carbocycles. The summed E-state index contributed by atoms with van der Waals surface area (Å²) in [5.41, 5.74) is 2.12. The molecule has 4 heteroatoms. The highest BCUT2D eigenvalue weighted by atomic mass is 19.1. The van der Waals surface area contributed by atoms with Crippen LogP contribution in [0.25, 0.3) is 10.8 Å². The molecule has 2 fully saturated rings. The molecule has 0 amide bonds. The molecule has 1 aromatic heterocycles. The monoisotopic (exact) mass is 362 g/mol. The molecule has 3 aromatic rings. The molecular formula is C23H23FN2O. The number of nitrogens with one attached hydrogen (secondary N) is 1. The van der Waals surface area contributed by atoms with E-state index >= 15 is 0 Å². The fraction of sp³-hybridized carbons (Fsp3) is 0.348. The minimum Gasteiger partial charge on any atom is -0.490 e. The fourth-order valence-electron chi connectivity index (χ4n) is 3.91. The summed E-state index contributed by atoms with van der Waals surface area (Å²) in [6, 6.07) is 14.1. The van der Waals surface area contributed by atoms with Crippen LogP contribution < -0.4 is 10.1 Å². The summed E-state index contributed by atoms with van der Waals surface area (Å²) in [5, 5.41) is 5.39. The SMILES string of the molecule is Fc1ccc2cnccc2c1CN[C@H]1C[C@H](Oc2cccc(C3CC3)c2)C1. The predicted molar refractivity (Wildman–Crippen MR) is 104 cm³/mol. The van der Waals surface area contributed by atoms with Gasteiger partial charge in [-0.2, -0.15) is 0 Å². The van der Waals surface area contributed by atoms with E-state index in [1.165, 1.54) is 24.5 Å². The maximum absolute atomic E-state index is 14.3. The number of benzene rings is 2. The van der Waals surface area contributed by atoms with E-state index < -0.39 is 0 Å². The Bertz CT molecular complexity index is 964. The second kappa shape index (κ2) is 6.93. The van der Waals surface area contributed by atoms with Gasteiger partial charge in [-0.3, -0.25) is 4.98 Å². The lowest BCUT2D eigenvalue weighted by atomic mass is 9.89. The number of hydrogen-bond donors (Lipinski definition) is 1. The Labute approximate surface area is 158 Å². The van der Waals surface area contributed by atoms with Crippen LogP contribution in [0.5, 0.6) is 5.75 Å². The van der Waals surface area contributed by atoms with Crippen molar-refractivity contribution in [2.45, 2.75) is 50.3 Å². The Hall–Kier alpha value is -2.46. The van der Waals surface area contributed by atoms with E-state index in [1.54, 1.807) is 18.5 Å². The maximum Gasteiger partial charge on any atom is 0.128 e. The molecule has 0 aliphatic heterocycles. The van der Waals surface area contributed by atoms with Gasteiger partial charge in [0, 0.05) is 35.9 Å². The number of hydrogen-bond acceptors (Lipinski definition) is 3. The van der Waals surface area contributed by atoms with Gasteiger partial charge in [0.2, 0.25) is 0 Å². The van der Waals surface area contributed by atoms with Crippen LogP contribution in [-0.2, 0) is 6.54 Å². The molecule has 0 bridgehead atoms. The predicted octanol–water partition coefficient (Wildman–Crippen LogP) is 4.95. The van der Waals surface area contributed by atoms with Crippen molar-refractivity contribution < 1.29 is 9.13 Å². The second-order valence-electron chi connectivity index (χ2n) is 7.76. The second-order valence-corrected chi connectivity index (χ2v) is 7.76. The number of rotatable bonds is 6. The molecule has 5 rings (SSSR count). The highest BCUT2D eigenvalue weighted by molar-refractivity contribution is 5.84. The Morgan fingerprint density at radius 3 is 2.85 bits per heavy atom. The lowest BCUT2D eigenvalue weighted by Crippen LogP contribution is -2.46. The van der Waals surface area contributed by atoms with Gasteiger partial charge in [0.05, 0.1) is 0 Å². The van der Waals surface area contributed by atoms with Crippen LogP contribution in [0.1, 0.15) is 42.7 Å². The van der Waals surface area contributed by atoms with Crippen LogP contribution >= 0.6 is 0 Å². The topological polar surface area (TPSA) is 34.2 Å². The van der Waals surface area contributed by atoms with E-state index in [2.05, 4.69) is 28.5 Å². The van der Waals surface area contributed by atoms with Gasteiger partial charge in [0.1, 0.15) is 17.7 Å². The van der Waals surface area contributed by atoms with Gasteiger partial charge in [-0.1, -0.05) is 12.1 Å². The molecular weight excluding hydrogens is 339 g/mol. The summed E-state index contributed by atoms with van der Waals surface area (Å²) < 4.78 is 20.4. The molecule has 0 saturated heterocycles. The average Bonchev–Trinajstić information content (AvgIpc) is 3.50. The zero-order valence-corrected chi connectivity index (χ0v) is 15.2. The van der Waals surface area contributed by atoms with Gasteiger partial charge in [0.15, 0.2) is 0 Å². The number of fused-ring (bicyclic) bond motifs is 1. The van der Waals surface area contributed by atoms with E-state index in [1.807, 2.05) is 12.1 Å². The number of aromatic nitrogens is 1. The summed E-state index contributed by atoms with van der Waals surface area (Å²) >= 11 is 0. The highest BCUT2D eigenvalue weighted by Gasteiger charge is 2.31. The average molecular weight is 362 g/mol. The summed E-state index contributed by atoms with van der Waals surface area (Å²) in [6.45, 7) is 0.530. The van der Waals surface area contributed by atoms with Gasteiger partial charge in [-0.05, 0) is 72.9 Å². The van der Waals surface area contributed by atoms with Crippen molar-refractivity contribution >= 4 is 10.8 Å². The van der Waals surface area contributed by atoms with E-state index in [4.69, 9.17) is 4.74 Å². The van der Waals surface area contributed by atoms with Crippen molar-refractivity contribution in [1.29, 1.82) is 0 Å². The van der Waals surface area contributed by atoms with E-state index in [0.717, 1.165) is 40.8 Å². The molecule has 1 N–H and O–H groups in total. The molecule has 138 valence electrons. The zero-order chi connectivity index (χ0) is 18.2. The minimum absolute atomic E-state index is 0.162. The molecule has 0 unspecified atom stereocenters. The first kappa shape index (κ1) is 16.7. The number of nitrogens with zero attached hydrogens (tertiary/aromatic N) is 1. The lowest BCUT2D eigenvalue weighted by molar-refractivity contribution is 0.0842. The van der Waals surface area contributed by atoms with Crippen molar-refractivity contribution in [2.24, 2.45) is 0 Å². The van der Waals surface area contributed by atoms with E-state index in [9.17, 15) is 4.39 Å².